The third kappa shape index (κ3) is 2.82. The molecule has 0 unspecified atom stereocenters. The van der Waals surface area contributed by atoms with Gasteiger partial charge in [0.25, 0.3) is 0 Å². The number of aryl methyl sites for hydroxylation is 2. The van der Waals surface area contributed by atoms with Gasteiger partial charge < -0.3 is 14.2 Å². The van der Waals surface area contributed by atoms with Gasteiger partial charge in [0.2, 0.25) is 0 Å². The summed E-state index contributed by atoms with van der Waals surface area (Å²) in [6.45, 7) is 3.86. The molecule has 0 saturated carbocycles. The van der Waals surface area contributed by atoms with Crippen molar-refractivity contribution in [2.24, 2.45) is 7.05 Å². The van der Waals surface area contributed by atoms with Gasteiger partial charge in [0, 0.05) is 44.6 Å². The Bertz CT molecular complexity index is 832. The van der Waals surface area contributed by atoms with E-state index in [9.17, 15) is 0 Å². The molecule has 0 atom stereocenters. The van der Waals surface area contributed by atoms with Gasteiger partial charge in [-0.1, -0.05) is 6.07 Å². The molecular formula is C19H22N4O. The molecule has 1 aliphatic rings. The van der Waals surface area contributed by atoms with Crippen LogP contribution in [0.1, 0.15) is 18.5 Å². The van der Waals surface area contributed by atoms with E-state index in [-0.39, 0.29) is 6.10 Å². The molecular weight excluding hydrogens is 300 g/mol. The van der Waals surface area contributed by atoms with Gasteiger partial charge >= 0.3 is 0 Å². The average Bonchev–Trinajstić information content (AvgIpc) is 2.99. The lowest BCUT2D eigenvalue weighted by atomic mass is 10.1. The predicted octanol–water partition coefficient (Wildman–Crippen LogP) is 3.32. The average molecular weight is 322 g/mol. The van der Waals surface area contributed by atoms with Crippen LogP contribution in [0.3, 0.4) is 0 Å². The molecule has 1 aromatic carbocycles. The van der Waals surface area contributed by atoms with Crippen molar-refractivity contribution in [2.75, 3.05) is 18.0 Å². The van der Waals surface area contributed by atoms with Gasteiger partial charge in [-0.15, -0.1) is 0 Å². The van der Waals surface area contributed by atoms with Crippen LogP contribution in [-0.4, -0.2) is 33.7 Å². The Hall–Kier alpha value is -2.56. The van der Waals surface area contributed by atoms with Crippen molar-refractivity contribution in [1.82, 2.24) is 14.5 Å². The fourth-order valence-corrected chi connectivity index (χ4v) is 3.31. The highest BCUT2D eigenvalue weighted by Gasteiger charge is 2.22. The minimum atomic E-state index is 0.255. The van der Waals surface area contributed by atoms with E-state index in [1.807, 2.05) is 19.3 Å². The number of ether oxygens (including phenoxy) is 1. The fraction of sp³-hybridized carbons (Fsp3) is 0.368. The molecule has 24 heavy (non-hydrogen) atoms. The molecule has 0 amide bonds. The summed E-state index contributed by atoms with van der Waals surface area (Å²) in [5, 5.41) is 1.19. The van der Waals surface area contributed by atoms with Crippen molar-refractivity contribution in [2.45, 2.75) is 25.9 Å². The van der Waals surface area contributed by atoms with E-state index in [4.69, 9.17) is 4.74 Å². The number of fused-ring (bicyclic) bond motifs is 1. The second kappa shape index (κ2) is 6.15. The zero-order valence-electron chi connectivity index (χ0n) is 14.1. The van der Waals surface area contributed by atoms with Crippen LogP contribution in [0.15, 0.2) is 42.9 Å². The minimum absolute atomic E-state index is 0.255. The highest BCUT2D eigenvalue weighted by atomic mass is 16.5. The van der Waals surface area contributed by atoms with E-state index in [0.717, 1.165) is 43.2 Å². The molecule has 3 heterocycles. The maximum Gasteiger partial charge on any atom is 0.147 e. The van der Waals surface area contributed by atoms with Gasteiger partial charge in [-0.25, -0.2) is 4.98 Å². The molecule has 0 radical (unpaired) electrons. The SMILES string of the molecule is Cc1cnc(N2CCC(Oc3cccc4c3ccn4C)CC2)cn1. The molecule has 4 rings (SSSR count). The van der Waals surface area contributed by atoms with Crippen molar-refractivity contribution in [3.8, 4) is 5.75 Å². The van der Waals surface area contributed by atoms with E-state index >= 15 is 0 Å². The molecule has 1 fully saturated rings. The number of aromatic nitrogens is 3. The van der Waals surface area contributed by atoms with Crippen molar-refractivity contribution >= 4 is 16.7 Å². The summed E-state index contributed by atoms with van der Waals surface area (Å²) in [6.07, 6.45) is 8.02. The van der Waals surface area contributed by atoms with Crippen LogP contribution in [0.2, 0.25) is 0 Å². The molecule has 0 N–H and O–H groups in total. The highest BCUT2D eigenvalue weighted by molar-refractivity contribution is 5.86. The topological polar surface area (TPSA) is 43.2 Å². The Kier molecular flexibility index (Phi) is 3.84. The standard InChI is InChI=1S/C19H22N4O/c1-14-12-21-19(13-20-14)23-10-6-15(7-11-23)24-18-5-3-4-17-16(18)8-9-22(17)2/h3-5,8-9,12-13,15H,6-7,10-11H2,1-2H3. The number of benzene rings is 1. The summed E-state index contributed by atoms with van der Waals surface area (Å²) in [4.78, 5) is 11.1. The summed E-state index contributed by atoms with van der Waals surface area (Å²) in [5.74, 6) is 1.95. The predicted molar refractivity (Wildman–Crippen MR) is 95.6 cm³/mol. The monoisotopic (exact) mass is 322 g/mol. The molecule has 0 bridgehead atoms. The normalized spacial score (nSPS) is 15.8. The van der Waals surface area contributed by atoms with Crippen molar-refractivity contribution < 1.29 is 4.74 Å². The molecule has 1 saturated heterocycles. The zero-order valence-corrected chi connectivity index (χ0v) is 14.1. The van der Waals surface area contributed by atoms with E-state index in [0.29, 0.717) is 0 Å². The first kappa shape index (κ1) is 15.0. The number of anilines is 1. The molecule has 2 aromatic heterocycles. The van der Waals surface area contributed by atoms with Crippen LogP contribution in [0.25, 0.3) is 10.9 Å². The molecule has 124 valence electrons. The smallest absolute Gasteiger partial charge is 0.147 e. The Morgan fingerprint density at radius 1 is 1.08 bits per heavy atom. The first-order valence-corrected chi connectivity index (χ1v) is 8.45. The van der Waals surface area contributed by atoms with Crippen LogP contribution in [0, 0.1) is 6.92 Å². The molecule has 0 spiro atoms. The zero-order chi connectivity index (χ0) is 16.5. The van der Waals surface area contributed by atoms with E-state index in [2.05, 4.69) is 56.9 Å². The van der Waals surface area contributed by atoms with Crippen molar-refractivity contribution in [1.29, 1.82) is 0 Å². The van der Waals surface area contributed by atoms with Crippen LogP contribution in [0.5, 0.6) is 5.75 Å². The first-order valence-electron chi connectivity index (χ1n) is 8.45. The number of piperidine rings is 1. The van der Waals surface area contributed by atoms with E-state index in [1.165, 1.54) is 10.9 Å². The molecule has 0 aliphatic carbocycles. The van der Waals surface area contributed by atoms with E-state index < -0.39 is 0 Å². The fourth-order valence-electron chi connectivity index (χ4n) is 3.31. The van der Waals surface area contributed by atoms with Crippen molar-refractivity contribution in [3.05, 3.63) is 48.5 Å². The Balaban J connectivity index is 1.43. The summed E-state index contributed by atoms with van der Waals surface area (Å²) in [7, 11) is 2.06. The molecule has 5 heteroatoms. The summed E-state index contributed by atoms with van der Waals surface area (Å²) in [6, 6.07) is 8.39. The lowest BCUT2D eigenvalue weighted by Gasteiger charge is -2.32. The Morgan fingerprint density at radius 2 is 1.92 bits per heavy atom. The van der Waals surface area contributed by atoms with Gasteiger partial charge in [0.05, 0.1) is 23.6 Å². The summed E-state index contributed by atoms with van der Waals surface area (Å²) in [5.41, 5.74) is 2.16. The largest absolute Gasteiger partial charge is 0.490 e. The van der Waals surface area contributed by atoms with Crippen LogP contribution < -0.4 is 9.64 Å². The van der Waals surface area contributed by atoms with Gasteiger partial charge in [0.1, 0.15) is 17.7 Å². The maximum absolute atomic E-state index is 6.31. The van der Waals surface area contributed by atoms with Gasteiger partial charge in [0.15, 0.2) is 0 Å². The molecule has 5 nitrogen and oxygen atoms in total. The van der Waals surface area contributed by atoms with Crippen LogP contribution in [-0.2, 0) is 7.05 Å². The third-order valence-corrected chi connectivity index (χ3v) is 4.71. The van der Waals surface area contributed by atoms with Gasteiger partial charge in [-0.05, 0) is 25.1 Å². The molecule has 1 aliphatic heterocycles. The Labute approximate surface area is 141 Å². The van der Waals surface area contributed by atoms with Crippen LogP contribution in [0.4, 0.5) is 5.82 Å². The molecule has 3 aromatic rings. The number of hydrogen-bond acceptors (Lipinski definition) is 4. The second-order valence-electron chi connectivity index (χ2n) is 6.44. The highest BCUT2D eigenvalue weighted by Crippen LogP contribution is 2.29. The van der Waals surface area contributed by atoms with Gasteiger partial charge in [-0.2, -0.15) is 0 Å². The van der Waals surface area contributed by atoms with E-state index in [1.54, 1.807) is 0 Å². The summed E-state index contributed by atoms with van der Waals surface area (Å²) >= 11 is 0. The number of rotatable bonds is 3. The van der Waals surface area contributed by atoms with Crippen LogP contribution >= 0.6 is 0 Å². The second-order valence-corrected chi connectivity index (χ2v) is 6.44. The third-order valence-electron chi connectivity index (χ3n) is 4.71. The van der Waals surface area contributed by atoms with Gasteiger partial charge in [-0.3, -0.25) is 4.98 Å². The number of nitrogens with zero attached hydrogens (tertiary/aromatic N) is 4. The minimum Gasteiger partial charge on any atom is -0.490 e. The first-order chi connectivity index (χ1) is 11.7. The summed E-state index contributed by atoms with van der Waals surface area (Å²) < 4.78 is 8.44. The maximum atomic E-state index is 6.31. The lowest BCUT2D eigenvalue weighted by Crippen LogP contribution is -2.38. The number of hydrogen-bond donors (Lipinski definition) is 0. The van der Waals surface area contributed by atoms with Crippen molar-refractivity contribution in [3.63, 3.8) is 0 Å². The quantitative estimate of drug-likeness (QED) is 0.742. The Morgan fingerprint density at radius 3 is 2.67 bits per heavy atom. The lowest BCUT2D eigenvalue weighted by molar-refractivity contribution is 0.173.